The number of likely N-dealkylation sites (tertiary alicyclic amines) is 1. The fourth-order valence-electron chi connectivity index (χ4n) is 3.03. The van der Waals surface area contributed by atoms with E-state index in [9.17, 15) is 0 Å². The number of rotatable bonds is 5. The van der Waals surface area contributed by atoms with Crippen molar-refractivity contribution >= 4 is 0 Å². The molecule has 3 heteroatoms. The van der Waals surface area contributed by atoms with E-state index in [-0.39, 0.29) is 5.54 Å². The minimum Gasteiger partial charge on any atom is -0.383 e. The summed E-state index contributed by atoms with van der Waals surface area (Å²) in [5, 5.41) is 0. The van der Waals surface area contributed by atoms with Crippen molar-refractivity contribution in [2.75, 3.05) is 33.4 Å². The van der Waals surface area contributed by atoms with Crippen LogP contribution in [0.15, 0.2) is 0 Å². The van der Waals surface area contributed by atoms with E-state index in [1.165, 1.54) is 45.2 Å². The van der Waals surface area contributed by atoms with Gasteiger partial charge in [0.2, 0.25) is 0 Å². The molecule has 0 radical (unpaired) electrons. The molecule has 15 heavy (non-hydrogen) atoms. The van der Waals surface area contributed by atoms with Crippen LogP contribution in [0.25, 0.3) is 0 Å². The first-order chi connectivity index (χ1) is 7.33. The average molecular weight is 212 g/mol. The van der Waals surface area contributed by atoms with Crippen molar-refractivity contribution in [3.8, 4) is 0 Å². The highest BCUT2D eigenvalue weighted by Gasteiger charge is 2.48. The standard InChI is InChI=1S/C12H24N2O/c1-15-10-12(9-13,11-5-6-11)14-7-3-2-4-8-14/h11H,2-10,13H2,1H3. The van der Waals surface area contributed by atoms with E-state index in [2.05, 4.69) is 4.90 Å². The average Bonchev–Trinajstić information content (AvgIpc) is 3.11. The largest absolute Gasteiger partial charge is 0.383 e. The predicted molar refractivity (Wildman–Crippen MR) is 61.8 cm³/mol. The number of hydrogen-bond donors (Lipinski definition) is 1. The van der Waals surface area contributed by atoms with Gasteiger partial charge in [-0.05, 0) is 44.7 Å². The van der Waals surface area contributed by atoms with Crippen molar-refractivity contribution < 1.29 is 4.74 Å². The molecule has 2 aliphatic rings. The molecule has 1 saturated heterocycles. The molecule has 2 N–H and O–H groups in total. The van der Waals surface area contributed by atoms with Gasteiger partial charge in [0.1, 0.15) is 0 Å². The maximum atomic E-state index is 6.04. The summed E-state index contributed by atoms with van der Waals surface area (Å²) >= 11 is 0. The van der Waals surface area contributed by atoms with Crippen molar-refractivity contribution in [2.45, 2.75) is 37.6 Å². The lowest BCUT2D eigenvalue weighted by atomic mass is 9.89. The zero-order chi connectivity index (χ0) is 10.7. The molecular formula is C12H24N2O. The molecule has 1 saturated carbocycles. The first-order valence-electron chi connectivity index (χ1n) is 6.27. The maximum absolute atomic E-state index is 6.04. The van der Waals surface area contributed by atoms with Gasteiger partial charge in [-0.1, -0.05) is 6.42 Å². The van der Waals surface area contributed by atoms with Crippen molar-refractivity contribution in [3.63, 3.8) is 0 Å². The molecule has 1 heterocycles. The zero-order valence-electron chi connectivity index (χ0n) is 9.87. The highest BCUT2D eigenvalue weighted by atomic mass is 16.5. The normalized spacial score (nSPS) is 27.6. The molecule has 1 atom stereocenters. The van der Waals surface area contributed by atoms with Gasteiger partial charge in [0.15, 0.2) is 0 Å². The Morgan fingerprint density at radius 2 is 1.93 bits per heavy atom. The molecule has 1 unspecified atom stereocenters. The molecule has 2 fully saturated rings. The van der Waals surface area contributed by atoms with E-state index in [1.807, 2.05) is 0 Å². The summed E-state index contributed by atoms with van der Waals surface area (Å²) in [5.41, 5.74) is 6.21. The molecule has 3 nitrogen and oxygen atoms in total. The SMILES string of the molecule is COCC(CN)(C1CC1)N1CCCCC1. The minimum atomic E-state index is 0.162. The van der Waals surface area contributed by atoms with Gasteiger partial charge in [-0.3, -0.25) is 4.90 Å². The van der Waals surface area contributed by atoms with Crippen LogP contribution < -0.4 is 5.73 Å². The molecule has 0 amide bonds. The number of nitrogens with zero attached hydrogens (tertiary/aromatic N) is 1. The Morgan fingerprint density at radius 3 is 2.40 bits per heavy atom. The minimum absolute atomic E-state index is 0.162. The number of nitrogens with two attached hydrogens (primary N) is 1. The Labute approximate surface area is 93.0 Å². The number of hydrogen-bond acceptors (Lipinski definition) is 3. The van der Waals surface area contributed by atoms with Crippen molar-refractivity contribution in [2.24, 2.45) is 11.7 Å². The Morgan fingerprint density at radius 1 is 1.27 bits per heavy atom. The first kappa shape index (κ1) is 11.4. The van der Waals surface area contributed by atoms with Gasteiger partial charge >= 0.3 is 0 Å². The lowest BCUT2D eigenvalue weighted by Gasteiger charge is -2.45. The molecule has 0 aromatic carbocycles. The summed E-state index contributed by atoms with van der Waals surface area (Å²) in [6.45, 7) is 4.01. The van der Waals surface area contributed by atoms with Crippen LogP contribution in [0.4, 0.5) is 0 Å². The highest BCUT2D eigenvalue weighted by Crippen LogP contribution is 2.43. The van der Waals surface area contributed by atoms with Crippen LogP contribution in [0.5, 0.6) is 0 Å². The molecule has 1 aliphatic carbocycles. The molecule has 0 aromatic heterocycles. The lowest BCUT2D eigenvalue weighted by molar-refractivity contribution is -0.0111. The molecule has 0 aromatic rings. The summed E-state index contributed by atoms with van der Waals surface area (Å²) in [5.74, 6) is 0.792. The van der Waals surface area contributed by atoms with Crippen LogP contribution >= 0.6 is 0 Å². The van der Waals surface area contributed by atoms with Gasteiger partial charge in [0.05, 0.1) is 12.1 Å². The quantitative estimate of drug-likeness (QED) is 0.745. The summed E-state index contributed by atoms with van der Waals surface area (Å²) in [6, 6.07) is 0. The van der Waals surface area contributed by atoms with E-state index in [1.54, 1.807) is 7.11 Å². The van der Waals surface area contributed by atoms with Gasteiger partial charge in [0, 0.05) is 13.7 Å². The second-order valence-electron chi connectivity index (χ2n) is 5.06. The predicted octanol–water partition coefficient (Wildman–Crippen LogP) is 1.23. The lowest BCUT2D eigenvalue weighted by Crippen LogP contribution is -2.60. The summed E-state index contributed by atoms with van der Waals surface area (Å²) < 4.78 is 5.43. The van der Waals surface area contributed by atoms with Gasteiger partial charge in [0.25, 0.3) is 0 Å². The Balaban J connectivity index is 2.07. The van der Waals surface area contributed by atoms with Gasteiger partial charge in [-0.25, -0.2) is 0 Å². The van der Waals surface area contributed by atoms with Crippen molar-refractivity contribution in [1.82, 2.24) is 4.90 Å². The van der Waals surface area contributed by atoms with Crippen LogP contribution in [-0.2, 0) is 4.74 Å². The maximum Gasteiger partial charge on any atom is 0.0661 e. The van der Waals surface area contributed by atoms with E-state index < -0.39 is 0 Å². The number of ether oxygens (including phenoxy) is 1. The van der Waals surface area contributed by atoms with Crippen molar-refractivity contribution in [1.29, 1.82) is 0 Å². The fraction of sp³-hybridized carbons (Fsp3) is 1.00. The number of piperidine rings is 1. The Hall–Kier alpha value is -0.120. The molecule has 2 rings (SSSR count). The van der Waals surface area contributed by atoms with Gasteiger partial charge in [-0.15, -0.1) is 0 Å². The van der Waals surface area contributed by atoms with Crippen LogP contribution in [0.3, 0.4) is 0 Å². The topological polar surface area (TPSA) is 38.5 Å². The van der Waals surface area contributed by atoms with Crippen LogP contribution in [0.1, 0.15) is 32.1 Å². The second kappa shape index (κ2) is 4.81. The Bertz CT molecular complexity index is 200. The van der Waals surface area contributed by atoms with Gasteiger partial charge in [-0.2, -0.15) is 0 Å². The summed E-state index contributed by atoms with van der Waals surface area (Å²) in [4.78, 5) is 2.61. The fourth-order valence-corrected chi connectivity index (χ4v) is 3.03. The van der Waals surface area contributed by atoms with Crippen LogP contribution in [0.2, 0.25) is 0 Å². The van der Waals surface area contributed by atoms with Crippen molar-refractivity contribution in [3.05, 3.63) is 0 Å². The summed E-state index contributed by atoms with van der Waals surface area (Å²) in [7, 11) is 1.80. The van der Waals surface area contributed by atoms with E-state index >= 15 is 0 Å². The van der Waals surface area contributed by atoms with Gasteiger partial charge < -0.3 is 10.5 Å². The highest BCUT2D eigenvalue weighted by molar-refractivity contribution is 5.04. The molecule has 0 spiro atoms. The van der Waals surface area contributed by atoms with E-state index in [0.717, 1.165) is 19.1 Å². The molecular weight excluding hydrogens is 188 g/mol. The molecule has 1 aliphatic heterocycles. The monoisotopic (exact) mass is 212 g/mol. The smallest absolute Gasteiger partial charge is 0.0661 e. The third kappa shape index (κ3) is 2.19. The molecule has 0 bridgehead atoms. The van der Waals surface area contributed by atoms with E-state index in [0.29, 0.717) is 0 Å². The zero-order valence-corrected chi connectivity index (χ0v) is 9.87. The number of methoxy groups -OCH3 is 1. The third-order valence-electron chi connectivity index (χ3n) is 4.07. The second-order valence-corrected chi connectivity index (χ2v) is 5.06. The third-order valence-corrected chi connectivity index (χ3v) is 4.07. The van der Waals surface area contributed by atoms with Crippen LogP contribution in [0, 0.1) is 5.92 Å². The van der Waals surface area contributed by atoms with E-state index in [4.69, 9.17) is 10.5 Å². The first-order valence-corrected chi connectivity index (χ1v) is 6.27. The molecule has 88 valence electrons. The Kier molecular flexibility index (Phi) is 3.65. The van der Waals surface area contributed by atoms with Crippen LogP contribution in [-0.4, -0.2) is 43.8 Å². The summed E-state index contributed by atoms with van der Waals surface area (Å²) in [6.07, 6.45) is 6.74.